The van der Waals surface area contributed by atoms with E-state index in [1.54, 1.807) is 0 Å². The Kier molecular flexibility index (Phi) is 14.8. The van der Waals surface area contributed by atoms with Crippen LogP contribution in [0.5, 0.6) is 0 Å². The molecule has 13 nitrogen and oxygen atoms in total. The van der Waals surface area contributed by atoms with Gasteiger partial charge in [-0.2, -0.15) is 0 Å². The zero-order valence-electron chi connectivity index (χ0n) is 15.1. The number of hydrogen-bond donors (Lipinski definition) is 5. The number of carbonyl (C=O) groups is 5. The van der Waals surface area contributed by atoms with Gasteiger partial charge in [-0.15, -0.1) is 0 Å². The van der Waals surface area contributed by atoms with Crippen molar-refractivity contribution in [3.63, 3.8) is 0 Å². The molecule has 0 saturated heterocycles. The first-order valence-electron chi connectivity index (χ1n) is 7.75. The summed E-state index contributed by atoms with van der Waals surface area (Å²) in [5.41, 5.74) is 0. The van der Waals surface area contributed by atoms with Crippen LogP contribution in [0.1, 0.15) is 0 Å². The monoisotopic (exact) mass is 420 g/mol. The van der Waals surface area contributed by atoms with Gasteiger partial charge in [0.05, 0.1) is 32.7 Å². The molecule has 0 unspecified atom stereocenters. The van der Waals surface area contributed by atoms with Gasteiger partial charge in [-0.3, -0.25) is 38.7 Å². The van der Waals surface area contributed by atoms with Crippen LogP contribution >= 0.6 is 0 Å². The quantitative estimate of drug-likeness (QED) is 0.158. The largest absolute Gasteiger partial charge is 3.00 e. The van der Waals surface area contributed by atoms with Crippen molar-refractivity contribution in [1.29, 1.82) is 0 Å². The first-order valence-corrected chi connectivity index (χ1v) is 7.75. The first kappa shape index (κ1) is 28.0. The Labute approximate surface area is 170 Å². The fraction of sp³-hybridized carbons (Fsp3) is 0.643. The Hall–Kier alpha value is -2.24. The Bertz CT molecular complexity index is 487. The molecule has 14 heteroatoms. The van der Waals surface area contributed by atoms with Gasteiger partial charge in [-0.1, -0.05) is 0 Å². The molecule has 0 aromatic rings. The van der Waals surface area contributed by atoms with Crippen LogP contribution in [-0.2, 0) is 24.0 Å². The van der Waals surface area contributed by atoms with Crippen molar-refractivity contribution in [3.05, 3.63) is 0 Å². The van der Waals surface area contributed by atoms with Crippen molar-refractivity contribution in [2.45, 2.75) is 0 Å². The van der Waals surface area contributed by atoms with Gasteiger partial charge in [0, 0.05) is 26.2 Å². The molecule has 0 aromatic carbocycles. The van der Waals surface area contributed by atoms with Crippen LogP contribution in [0.4, 0.5) is 0 Å². The molecule has 0 rings (SSSR count). The molecule has 0 aliphatic rings. The maximum atomic E-state index is 11.0. The van der Waals surface area contributed by atoms with Gasteiger partial charge >= 0.3 is 47.2 Å². The van der Waals surface area contributed by atoms with E-state index in [2.05, 4.69) is 0 Å². The molecule has 0 atom stereocenters. The number of aliphatic carboxylic acids is 5. The van der Waals surface area contributed by atoms with Crippen LogP contribution in [0.25, 0.3) is 0 Å². The van der Waals surface area contributed by atoms with Crippen LogP contribution in [0.2, 0.25) is 0 Å². The molecule has 0 heterocycles. The third kappa shape index (κ3) is 16.0. The second-order valence-electron chi connectivity index (χ2n) is 5.67. The predicted molar refractivity (Wildman–Crippen MR) is 93.3 cm³/mol. The maximum absolute atomic E-state index is 11.0. The minimum Gasteiger partial charge on any atom is -0.480 e. The van der Waals surface area contributed by atoms with E-state index in [1.165, 1.54) is 4.90 Å². The van der Waals surface area contributed by atoms with Crippen molar-refractivity contribution in [3.8, 4) is 0 Å². The summed E-state index contributed by atoms with van der Waals surface area (Å²) < 4.78 is 0. The molecule has 0 saturated carbocycles. The predicted octanol–water partition coefficient (Wildman–Crippen LogP) is -3.07. The number of nitrogens with zero attached hydrogens (tertiary/aromatic N) is 3. The Morgan fingerprint density at radius 2 is 0.607 bits per heavy atom. The number of carboxylic acid groups (broad SMARTS) is 5. The van der Waals surface area contributed by atoms with Crippen molar-refractivity contribution < 1.29 is 49.5 Å². The number of rotatable bonds is 16. The Morgan fingerprint density at radius 1 is 0.429 bits per heavy atom. The van der Waals surface area contributed by atoms with Crippen LogP contribution < -0.4 is 0 Å². The van der Waals surface area contributed by atoms with E-state index in [9.17, 15) is 24.0 Å². The van der Waals surface area contributed by atoms with Crippen molar-refractivity contribution in [2.24, 2.45) is 0 Å². The average molecular weight is 420 g/mol. The molecular weight excluding hydrogens is 397 g/mol. The molecule has 28 heavy (non-hydrogen) atoms. The third-order valence-corrected chi connectivity index (χ3v) is 3.26. The van der Waals surface area contributed by atoms with E-state index in [1.807, 2.05) is 0 Å². The van der Waals surface area contributed by atoms with E-state index in [4.69, 9.17) is 25.5 Å². The SMILES string of the molecule is O=C(O)CN(CCN(CC(=O)O)CC(=O)O)CCN(CC(=O)O)CC(=O)O.[Al+3]. The zero-order chi connectivity index (χ0) is 21.0. The van der Waals surface area contributed by atoms with E-state index >= 15 is 0 Å². The molecule has 0 aliphatic carbocycles. The first-order chi connectivity index (χ1) is 12.5. The smallest absolute Gasteiger partial charge is 0.480 e. The summed E-state index contributed by atoms with van der Waals surface area (Å²) >= 11 is 0. The van der Waals surface area contributed by atoms with Crippen molar-refractivity contribution >= 4 is 47.2 Å². The minimum atomic E-state index is -1.24. The summed E-state index contributed by atoms with van der Waals surface area (Å²) in [4.78, 5) is 57.6. The van der Waals surface area contributed by atoms with Crippen LogP contribution in [0, 0.1) is 0 Å². The minimum absolute atomic E-state index is 0. The molecule has 0 bridgehead atoms. The Morgan fingerprint density at radius 3 is 0.821 bits per heavy atom. The molecule has 0 fully saturated rings. The molecule has 0 radical (unpaired) electrons. The molecular formula is C14H23AlN3O10+3. The van der Waals surface area contributed by atoms with E-state index in [-0.39, 0.29) is 43.5 Å². The zero-order valence-corrected chi connectivity index (χ0v) is 16.2. The summed E-state index contributed by atoms with van der Waals surface area (Å²) in [5, 5.41) is 44.1. The van der Waals surface area contributed by atoms with Crippen LogP contribution in [0.3, 0.4) is 0 Å². The topological polar surface area (TPSA) is 196 Å². The van der Waals surface area contributed by atoms with Gasteiger partial charge in [0.1, 0.15) is 0 Å². The van der Waals surface area contributed by atoms with Gasteiger partial charge in [-0.25, -0.2) is 0 Å². The molecule has 0 aromatic heterocycles. The second kappa shape index (κ2) is 14.8. The van der Waals surface area contributed by atoms with Crippen LogP contribution in [-0.4, -0.2) is 146 Å². The summed E-state index contributed by atoms with van der Waals surface area (Å²) in [6.07, 6.45) is 0. The fourth-order valence-electron chi connectivity index (χ4n) is 2.22. The second-order valence-corrected chi connectivity index (χ2v) is 5.67. The maximum Gasteiger partial charge on any atom is 3.00 e. The normalized spacial score (nSPS) is 10.7. The average Bonchev–Trinajstić information content (AvgIpc) is 2.46. The molecule has 154 valence electrons. The molecule has 0 amide bonds. The van der Waals surface area contributed by atoms with Crippen molar-refractivity contribution in [2.75, 3.05) is 58.9 Å². The summed E-state index contributed by atoms with van der Waals surface area (Å²) in [6, 6.07) is 0. The summed E-state index contributed by atoms with van der Waals surface area (Å²) in [7, 11) is 0. The van der Waals surface area contributed by atoms with E-state index in [0.29, 0.717) is 0 Å². The van der Waals surface area contributed by atoms with Gasteiger partial charge in [0.25, 0.3) is 0 Å². The molecule has 5 N–H and O–H groups in total. The van der Waals surface area contributed by atoms with Gasteiger partial charge < -0.3 is 25.5 Å². The third-order valence-electron chi connectivity index (χ3n) is 3.26. The fourth-order valence-corrected chi connectivity index (χ4v) is 2.22. The molecule has 0 aliphatic heterocycles. The number of hydrogen-bond acceptors (Lipinski definition) is 8. The van der Waals surface area contributed by atoms with Gasteiger partial charge in [0.15, 0.2) is 0 Å². The van der Waals surface area contributed by atoms with E-state index < -0.39 is 62.6 Å². The molecule has 0 spiro atoms. The number of carboxylic acids is 5. The summed E-state index contributed by atoms with van der Waals surface area (Å²) in [5.74, 6) is -6.16. The van der Waals surface area contributed by atoms with Gasteiger partial charge in [0.2, 0.25) is 0 Å². The Balaban J connectivity index is 0. The van der Waals surface area contributed by atoms with Crippen molar-refractivity contribution in [1.82, 2.24) is 14.7 Å². The summed E-state index contributed by atoms with van der Waals surface area (Å²) in [6.45, 7) is -2.74. The van der Waals surface area contributed by atoms with Crippen LogP contribution in [0.15, 0.2) is 0 Å². The standard InChI is InChI=1S/C14H23N3O10.Al/c18-10(19)5-15(1-3-16(6-11(20)21)7-12(22)23)2-4-17(8-13(24)25)9-14(26)27;/h1-9H2,(H,18,19)(H,20,21)(H,22,23)(H,24,25)(H,26,27);/q;+3. The van der Waals surface area contributed by atoms with Gasteiger partial charge in [-0.05, 0) is 0 Å². The van der Waals surface area contributed by atoms with E-state index in [0.717, 1.165) is 9.80 Å².